The van der Waals surface area contributed by atoms with Crippen molar-refractivity contribution in [2.45, 2.75) is 19.3 Å². The first-order valence-electron chi connectivity index (χ1n) is 6.66. The van der Waals surface area contributed by atoms with Gasteiger partial charge in [-0.2, -0.15) is 0 Å². The van der Waals surface area contributed by atoms with Crippen LogP contribution in [0.1, 0.15) is 27.9 Å². The van der Waals surface area contributed by atoms with Gasteiger partial charge in [-0.25, -0.2) is 8.78 Å². The maximum atomic E-state index is 13.6. The predicted molar refractivity (Wildman–Crippen MR) is 74.4 cm³/mol. The molecule has 2 aromatic carbocycles. The summed E-state index contributed by atoms with van der Waals surface area (Å²) in [6.07, 6.45) is 3.06. The molecule has 2 aromatic rings. The third-order valence-corrected chi connectivity index (χ3v) is 3.62. The summed E-state index contributed by atoms with van der Waals surface area (Å²) in [6.45, 7) is 0. The lowest BCUT2D eigenvalue weighted by Crippen LogP contribution is -2.14. The number of hydrogen-bond acceptors (Lipinski definition) is 2. The number of anilines is 1. The van der Waals surface area contributed by atoms with E-state index in [9.17, 15) is 18.7 Å². The van der Waals surface area contributed by atoms with Crippen molar-refractivity contribution in [1.29, 1.82) is 0 Å². The summed E-state index contributed by atoms with van der Waals surface area (Å²) < 4.78 is 26.5. The van der Waals surface area contributed by atoms with Crippen LogP contribution >= 0.6 is 0 Å². The van der Waals surface area contributed by atoms with E-state index in [1.807, 2.05) is 12.1 Å². The average Bonchev–Trinajstić information content (AvgIpc) is 2.84. The molecule has 0 fully saturated rings. The van der Waals surface area contributed by atoms with Crippen molar-refractivity contribution < 1.29 is 18.7 Å². The number of phenols is 1. The van der Waals surface area contributed by atoms with Gasteiger partial charge in [0.25, 0.3) is 5.91 Å². The molecule has 0 spiro atoms. The molecule has 0 aromatic heterocycles. The molecule has 1 aliphatic carbocycles. The zero-order valence-corrected chi connectivity index (χ0v) is 11.1. The van der Waals surface area contributed by atoms with Crippen molar-refractivity contribution in [2.75, 3.05) is 5.32 Å². The van der Waals surface area contributed by atoms with Gasteiger partial charge in [0.05, 0.1) is 0 Å². The van der Waals surface area contributed by atoms with Crippen LogP contribution in [-0.2, 0) is 12.8 Å². The van der Waals surface area contributed by atoms with Crippen molar-refractivity contribution in [3.8, 4) is 5.75 Å². The van der Waals surface area contributed by atoms with Gasteiger partial charge in [0.15, 0.2) is 0 Å². The van der Waals surface area contributed by atoms with E-state index in [2.05, 4.69) is 5.32 Å². The number of carbonyl (C=O) groups is 1. The van der Waals surface area contributed by atoms with Gasteiger partial charge in [-0.3, -0.25) is 4.79 Å². The van der Waals surface area contributed by atoms with E-state index in [4.69, 9.17) is 0 Å². The molecule has 5 heteroatoms. The fourth-order valence-corrected chi connectivity index (χ4v) is 2.63. The summed E-state index contributed by atoms with van der Waals surface area (Å²) in [5.41, 5.74) is 2.39. The van der Waals surface area contributed by atoms with E-state index in [0.717, 1.165) is 24.8 Å². The summed E-state index contributed by atoms with van der Waals surface area (Å²) in [4.78, 5) is 12.0. The van der Waals surface area contributed by atoms with Gasteiger partial charge in [-0.15, -0.1) is 0 Å². The highest BCUT2D eigenvalue weighted by molar-refractivity contribution is 6.06. The Bertz CT molecular complexity index is 705. The standard InChI is InChI=1S/C16H13F2NO2/c17-11-7-13(18)15(14(20)8-11)16(21)19-12-5-4-9-2-1-3-10(9)6-12/h4-8,20H,1-3H2,(H,19,21). The van der Waals surface area contributed by atoms with Gasteiger partial charge in [0.2, 0.25) is 0 Å². The Labute approximate surface area is 120 Å². The van der Waals surface area contributed by atoms with Crippen LogP contribution in [0.4, 0.5) is 14.5 Å². The zero-order valence-electron chi connectivity index (χ0n) is 11.1. The number of nitrogens with one attached hydrogen (secondary N) is 1. The van der Waals surface area contributed by atoms with Crippen molar-refractivity contribution in [3.63, 3.8) is 0 Å². The van der Waals surface area contributed by atoms with E-state index < -0.39 is 28.9 Å². The summed E-state index contributed by atoms with van der Waals surface area (Å²) >= 11 is 0. The van der Waals surface area contributed by atoms with Gasteiger partial charge in [0, 0.05) is 17.8 Å². The second kappa shape index (κ2) is 5.16. The zero-order chi connectivity index (χ0) is 15.0. The molecule has 1 amide bonds. The maximum Gasteiger partial charge on any atom is 0.262 e. The average molecular weight is 289 g/mol. The molecule has 0 saturated carbocycles. The Morgan fingerprint density at radius 1 is 1.10 bits per heavy atom. The highest BCUT2D eigenvalue weighted by Gasteiger charge is 2.19. The lowest BCUT2D eigenvalue weighted by atomic mass is 10.1. The Morgan fingerprint density at radius 3 is 2.62 bits per heavy atom. The molecule has 108 valence electrons. The number of amides is 1. The molecule has 0 unspecified atom stereocenters. The molecule has 0 radical (unpaired) electrons. The SMILES string of the molecule is O=C(Nc1ccc2c(c1)CCC2)c1c(O)cc(F)cc1F. The minimum atomic E-state index is -1.09. The molecular formula is C16H13F2NO2. The largest absolute Gasteiger partial charge is 0.507 e. The van der Waals surface area contributed by atoms with Crippen molar-refractivity contribution in [1.82, 2.24) is 0 Å². The summed E-state index contributed by atoms with van der Waals surface area (Å²) in [5, 5.41) is 12.1. The van der Waals surface area contributed by atoms with Gasteiger partial charge in [-0.05, 0) is 42.5 Å². The summed E-state index contributed by atoms with van der Waals surface area (Å²) in [7, 11) is 0. The van der Waals surface area contributed by atoms with Crippen LogP contribution in [0, 0.1) is 11.6 Å². The van der Waals surface area contributed by atoms with Gasteiger partial charge in [-0.1, -0.05) is 6.07 Å². The van der Waals surface area contributed by atoms with Crippen LogP contribution in [0.15, 0.2) is 30.3 Å². The third kappa shape index (κ3) is 2.59. The Morgan fingerprint density at radius 2 is 1.86 bits per heavy atom. The first kappa shape index (κ1) is 13.5. The minimum Gasteiger partial charge on any atom is -0.507 e. The number of carbonyl (C=O) groups excluding carboxylic acids is 1. The Hall–Kier alpha value is -2.43. The lowest BCUT2D eigenvalue weighted by molar-refractivity contribution is 0.102. The fourth-order valence-electron chi connectivity index (χ4n) is 2.63. The van der Waals surface area contributed by atoms with Crippen LogP contribution in [-0.4, -0.2) is 11.0 Å². The number of aryl methyl sites for hydroxylation is 2. The van der Waals surface area contributed by atoms with E-state index in [1.165, 1.54) is 5.56 Å². The Balaban J connectivity index is 1.87. The quantitative estimate of drug-likeness (QED) is 0.890. The number of benzene rings is 2. The second-order valence-corrected chi connectivity index (χ2v) is 5.07. The van der Waals surface area contributed by atoms with Crippen LogP contribution in [0.25, 0.3) is 0 Å². The van der Waals surface area contributed by atoms with Crippen molar-refractivity contribution in [2.24, 2.45) is 0 Å². The second-order valence-electron chi connectivity index (χ2n) is 5.07. The highest BCUT2D eigenvalue weighted by Crippen LogP contribution is 2.27. The smallest absolute Gasteiger partial charge is 0.262 e. The molecule has 3 nitrogen and oxygen atoms in total. The molecule has 0 saturated heterocycles. The van der Waals surface area contributed by atoms with Crippen LogP contribution in [0.2, 0.25) is 0 Å². The molecular weight excluding hydrogens is 276 g/mol. The lowest BCUT2D eigenvalue weighted by Gasteiger charge is -2.09. The van der Waals surface area contributed by atoms with Gasteiger partial charge >= 0.3 is 0 Å². The van der Waals surface area contributed by atoms with Crippen molar-refractivity contribution in [3.05, 3.63) is 58.7 Å². The van der Waals surface area contributed by atoms with E-state index >= 15 is 0 Å². The summed E-state index contributed by atoms with van der Waals surface area (Å²) in [6, 6.07) is 6.79. The summed E-state index contributed by atoms with van der Waals surface area (Å²) in [5.74, 6) is -3.54. The van der Waals surface area contributed by atoms with Crippen molar-refractivity contribution >= 4 is 11.6 Å². The van der Waals surface area contributed by atoms with Crippen LogP contribution in [0.3, 0.4) is 0 Å². The van der Waals surface area contributed by atoms with Gasteiger partial charge < -0.3 is 10.4 Å². The molecule has 2 N–H and O–H groups in total. The third-order valence-electron chi connectivity index (χ3n) is 3.62. The highest BCUT2D eigenvalue weighted by atomic mass is 19.1. The number of aromatic hydroxyl groups is 1. The predicted octanol–water partition coefficient (Wildman–Crippen LogP) is 3.41. The molecule has 21 heavy (non-hydrogen) atoms. The molecule has 0 heterocycles. The first-order valence-corrected chi connectivity index (χ1v) is 6.66. The van der Waals surface area contributed by atoms with E-state index in [0.29, 0.717) is 17.8 Å². The normalized spacial score (nSPS) is 13.0. The molecule has 3 rings (SSSR count). The number of rotatable bonds is 2. The van der Waals surface area contributed by atoms with E-state index in [-0.39, 0.29) is 0 Å². The Kier molecular flexibility index (Phi) is 3.33. The first-order chi connectivity index (χ1) is 10.0. The molecule has 0 bridgehead atoms. The maximum absolute atomic E-state index is 13.6. The monoisotopic (exact) mass is 289 g/mol. The van der Waals surface area contributed by atoms with E-state index in [1.54, 1.807) is 6.07 Å². The number of fused-ring (bicyclic) bond motifs is 1. The topological polar surface area (TPSA) is 49.3 Å². The number of hydrogen-bond donors (Lipinski definition) is 2. The van der Waals surface area contributed by atoms with Gasteiger partial charge in [0.1, 0.15) is 22.9 Å². The number of phenolic OH excluding ortho intramolecular Hbond substituents is 1. The minimum absolute atomic E-state index is 0.531. The fraction of sp³-hybridized carbons (Fsp3) is 0.188. The molecule has 1 aliphatic rings. The molecule has 0 atom stereocenters. The van der Waals surface area contributed by atoms with Crippen LogP contribution < -0.4 is 5.32 Å². The van der Waals surface area contributed by atoms with Crippen LogP contribution in [0.5, 0.6) is 5.75 Å². The number of halogens is 2. The molecule has 0 aliphatic heterocycles.